The summed E-state index contributed by atoms with van der Waals surface area (Å²) in [4.78, 5) is 16.7. The van der Waals surface area contributed by atoms with E-state index in [9.17, 15) is 4.79 Å². The molecule has 0 aliphatic rings. The van der Waals surface area contributed by atoms with Gasteiger partial charge in [-0.1, -0.05) is 35.3 Å². The molecule has 0 atom stereocenters. The molecule has 0 bridgehead atoms. The topological polar surface area (TPSA) is 55.1 Å². The van der Waals surface area contributed by atoms with Crippen LogP contribution in [-0.4, -0.2) is 10.9 Å². The highest BCUT2D eigenvalue weighted by Crippen LogP contribution is 2.27. The Morgan fingerprint density at radius 1 is 0.962 bits per heavy atom. The molecule has 4 nitrogen and oxygen atoms in total. The van der Waals surface area contributed by atoms with Gasteiger partial charge in [0.1, 0.15) is 5.52 Å². The van der Waals surface area contributed by atoms with Gasteiger partial charge in [-0.15, -0.1) is 0 Å². The number of hydrogen-bond acceptors (Lipinski definition) is 3. The Hall–Kier alpha value is -2.82. The number of halogens is 2. The fourth-order valence-electron chi connectivity index (χ4n) is 2.56. The summed E-state index contributed by atoms with van der Waals surface area (Å²) in [6.45, 7) is 0. The SMILES string of the molecule is O=C(Nc1ccc(-c2nc3cc(Cl)ccc3o2)cc1)c1ccccc1Cl. The number of nitrogens with zero attached hydrogens (tertiary/aromatic N) is 1. The second-order valence-corrected chi connectivity index (χ2v) is 6.49. The van der Waals surface area contributed by atoms with Crippen LogP contribution in [-0.2, 0) is 0 Å². The van der Waals surface area contributed by atoms with Crippen LogP contribution in [0, 0.1) is 0 Å². The minimum absolute atomic E-state index is 0.264. The number of nitrogens with one attached hydrogen (secondary N) is 1. The van der Waals surface area contributed by atoms with Crippen LogP contribution in [0.2, 0.25) is 10.0 Å². The molecule has 4 rings (SSSR count). The lowest BCUT2D eigenvalue weighted by Crippen LogP contribution is -2.12. The Balaban J connectivity index is 1.56. The minimum atomic E-state index is -0.264. The molecule has 0 saturated carbocycles. The standard InChI is InChI=1S/C20H12Cl2N2O2/c21-13-7-10-18-17(11-13)24-20(26-18)12-5-8-14(9-6-12)23-19(25)15-3-1-2-4-16(15)22/h1-11H,(H,23,25). The molecule has 0 aliphatic heterocycles. The third-order valence-electron chi connectivity index (χ3n) is 3.86. The number of benzene rings is 3. The average molecular weight is 383 g/mol. The summed E-state index contributed by atoms with van der Waals surface area (Å²) >= 11 is 12.0. The Kier molecular flexibility index (Phi) is 4.37. The Morgan fingerprint density at radius 2 is 1.73 bits per heavy atom. The molecule has 0 radical (unpaired) electrons. The van der Waals surface area contributed by atoms with Crippen molar-refractivity contribution in [3.8, 4) is 11.5 Å². The summed E-state index contributed by atoms with van der Waals surface area (Å²) in [5.74, 6) is 0.228. The van der Waals surface area contributed by atoms with E-state index in [4.69, 9.17) is 27.6 Å². The third-order valence-corrected chi connectivity index (χ3v) is 4.42. The quantitative estimate of drug-likeness (QED) is 0.468. The van der Waals surface area contributed by atoms with Crippen molar-refractivity contribution in [2.75, 3.05) is 5.32 Å². The number of hydrogen-bond donors (Lipinski definition) is 1. The van der Waals surface area contributed by atoms with Crippen molar-refractivity contribution >= 4 is 45.9 Å². The first-order valence-electron chi connectivity index (χ1n) is 7.82. The number of aromatic nitrogens is 1. The van der Waals surface area contributed by atoms with Crippen molar-refractivity contribution in [3.05, 3.63) is 82.3 Å². The van der Waals surface area contributed by atoms with E-state index >= 15 is 0 Å². The first-order valence-corrected chi connectivity index (χ1v) is 8.58. The summed E-state index contributed by atoms with van der Waals surface area (Å²) in [6.07, 6.45) is 0. The van der Waals surface area contributed by atoms with Gasteiger partial charge in [-0.25, -0.2) is 4.98 Å². The van der Waals surface area contributed by atoms with Gasteiger partial charge in [-0.05, 0) is 54.6 Å². The van der Waals surface area contributed by atoms with E-state index in [1.807, 2.05) is 12.1 Å². The third kappa shape index (κ3) is 3.29. The van der Waals surface area contributed by atoms with Crippen LogP contribution in [0.1, 0.15) is 10.4 Å². The van der Waals surface area contributed by atoms with Crippen molar-refractivity contribution in [2.45, 2.75) is 0 Å². The van der Waals surface area contributed by atoms with Gasteiger partial charge in [0.2, 0.25) is 5.89 Å². The van der Waals surface area contributed by atoms with Gasteiger partial charge in [-0.2, -0.15) is 0 Å². The molecule has 0 aliphatic carbocycles. The van der Waals surface area contributed by atoms with E-state index in [0.29, 0.717) is 38.3 Å². The number of rotatable bonds is 3. The molecule has 6 heteroatoms. The Labute approximate surface area is 159 Å². The average Bonchev–Trinajstić information content (AvgIpc) is 3.05. The van der Waals surface area contributed by atoms with Crippen molar-refractivity contribution < 1.29 is 9.21 Å². The smallest absolute Gasteiger partial charge is 0.257 e. The van der Waals surface area contributed by atoms with Crippen LogP contribution in [0.25, 0.3) is 22.6 Å². The molecule has 0 saturated heterocycles. The maximum absolute atomic E-state index is 12.3. The van der Waals surface area contributed by atoms with Crippen LogP contribution in [0.15, 0.2) is 71.1 Å². The zero-order chi connectivity index (χ0) is 18.1. The predicted octanol–water partition coefficient (Wildman–Crippen LogP) is 6.05. The van der Waals surface area contributed by atoms with Crippen LogP contribution < -0.4 is 5.32 Å². The lowest BCUT2D eigenvalue weighted by atomic mass is 10.2. The normalized spacial score (nSPS) is 10.8. The first-order chi connectivity index (χ1) is 12.6. The molecule has 26 heavy (non-hydrogen) atoms. The van der Waals surface area contributed by atoms with E-state index in [2.05, 4.69) is 10.3 Å². The minimum Gasteiger partial charge on any atom is -0.436 e. The van der Waals surface area contributed by atoms with Crippen molar-refractivity contribution in [2.24, 2.45) is 0 Å². The lowest BCUT2D eigenvalue weighted by Gasteiger charge is -2.07. The van der Waals surface area contributed by atoms with Gasteiger partial charge in [0.25, 0.3) is 5.91 Å². The van der Waals surface area contributed by atoms with Crippen LogP contribution >= 0.6 is 23.2 Å². The van der Waals surface area contributed by atoms with Crippen molar-refractivity contribution in [1.29, 1.82) is 0 Å². The number of fused-ring (bicyclic) bond motifs is 1. The van der Waals surface area contributed by atoms with Crippen molar-refractivity contribution in [3.63, 3.8) is 0 Å². The molecule has 0 unspecified atom stereocenters. The number of amides is 1. The number of carbonyl (C=O) groups excluding carboxylic acids is 1. The zero-order valence-electron chi connectivity index (χ0n) is 13.4. The van der Waals surface area contributed by atoms with E-state index in [1.165, 1.54) is 0 Å². The highest BCUT2D eigenvalue weighted by molar-refractivity contribution is 6.34. The summed E-state index contributed by atoms with van der Waals surface area (Å²) in [7, 11) is 0. The van der Waals surface area contributed by atoms with Gasteiger partial charge in [-0.3, -0.25) is 4.79 Å². The zero-order valence-corrected chi connectivity index (χ0v) is 14.9. The lowest BCUT2D eigenvalue weighted by molar-refractivity contribution is 0.102. The molecule has 4 aromatic rings. The van der Waals surface area contributed by atoms with E-state index in [1.54, 1.807) is 54.6 Å². The first kappa shape index (κ1) is 16.6. The van der Waals surface area contributed by atoms with Gasteiger partial charge in [0.05, 0.1) is 10.6 Å². The predicted molar refractivity (Wildman–Crippen MR) is 104 cm³/mol. The van der Waals surface area contributed by atoms with E-state index in [0.717, 1.165) is 5.56 Å². The molecule has 3 aromatic carbocycles. The fraction of sp³-hybridized carbons (Fsp3) is 0. The van der Waals surface area contributed by atoms with Crippen molar-refractivity contribution in [1.82, 2.24) is 4.98 Å². The highest BCUT2D eigenvalue weighted by Gasteiger charge is 2.11. The fourth-order valence-corrected chi connectivity index (χ4v) is 2.95. The summed E-state index contributed by atoms with van der Waals surface area (Å²) < 4.78 is 5.74. The molecular weight excluding hydrogens is 371 g/mol. The van der Waals surface area contributed by atoms with Crippen LogP contribution in [0.5, 0.6) is 0 Å². The largest absolute Gasteiger partial charge is 0.436 e. The molecule has 0 spiro atoms. The van der Waals surface area contributed by atoms with Gasteiger partial charge in [0.15, 0.2) is 5.58 Å². The van der Waals surface area contributed by atoms with Crippen LogP contribution in [0.4, 0.5) is 5.69 Å². The summed E-state index contributed by atoms with van der Waals surface area (Å²) in [5, 5.41) is 3.84. The molecule has 1 N–H and O–H groups in total. The maximum Gasteiger partial charge on any atom is 0.257 e. The monoisotopic (exact) mass is 382 g/mol. The molecule has 0 fully saturated rings. The van der Waals surface area contributed by atoms with Gasteiger partial charge in [0, 0.05) is 16.3 Å². The Bertz CT molecular complexity index is 1100. The molecular formula is C20H12Cl2N2O2. The summed E-state index contributed by atoms with van der Waals surface area (Å²) in [5.41, 5.74) is 3.24. The molecule has 1 amide bonds. The van der Waals surface area contributed by atoms with Crippen LogP contribution in [0.3, 0.4) is 0 Å². The van der Waals surface area contributed by atoms with E-state index in [-0.39, 0.29) is 5.91 Å². The van der Waals surface area contributed by atoms with Gasteiger partial charge < -0.3 is 9.73 Å². The van der Waals surface area contributed by atoms with E-state index < -0.39 is 0 Å². The number of anilines is 1. The Morgan fingerprint density at radius 3 is 2.50 bits per heavy atom. The molecule has 128 valence electrons. The molecule has 1 heterocycles. The van der Waals surface area contributed by atoms with Gasteiger partial charge >= 0.3 is 0 Å². The summed E-state index contributed by atoms with van der Waals surface area (Å²) in [6, 6.07) is 19.4. The highest BCUT2D eigenvalue weighted by atomic mass is 35.5. The second-order valence-electron chi connectivity index (χ2n) is 5.64. The second kappa shape index (κ2) is 6.83. The number of carbonyl (C=O) groups is 1. The maximum atomic E-state index is 12.3. The number of oxazole rings is 1. The molecule has 1 aromatic heterocycles.